The summed E-state index contributed by atoms with van der Waals surface area (Å²) in [6.45, 7) is 3.56. The molecule has 3 aromatic rings. The summed E-state index contributed by atoms with van der Waals surface area (Å²) in [5.41, 5.74) is 2.86. The van der Waals surface area contributed by atoms with Gasteiger partial charge < -0.3 is 4.57 Å². The zero-order valence-electron chi connectivity index (χ0n) is 13.6. The van der Waals surface area contributed by atoms with Crippen molar-refractivity contribution in [1.82, 2.24) is 19.7 Å². The van der Waals surface area contributed by atoms with Crippen LogP contribution in [0.15, 0.2) is 41.1 Å². The molecule has 0 saturated carbocycles. The zero-order chi connectivity index (χ0) is 17.1. The Balaban J connectivity index is 1.79. The van der Waals surface area contributed by atoms with Gasteiger partial charge in [-0.2, -0.15) is 0 Å². The van der Waals surface area contributed by atoms with Gasteiger partial charge in [0.25, 0.3) is 0 Å². The van der Waals surface area contributed by atoms with E-state index in [0.29, 0.717) is 10.9 Å². The molecule has 0 saturated heterocycles. The van der Waals surface area contributed by atoms with Crippen molar-refractivity contribution < 1.29 is 4.79 Å². The fraction of sp³-hybridized carbons (Fsp3) is 0.250. The van der Waals surface area contributed by atoms with Crippen LogP contribution in [0.4, 0.5) is 10.8 Å². The van der Waals surface area contributed by atoms with Crippen LogP contribution in [0.2, 0.25) is 0 Å². The van der Waals surface area contributed by atoms with Gasteiger partial charge in [-0.25, -0.2) is 4.98 Å². The van der Waals surface area contributed by atoms with Crippen molar-refractivity contribution in [2.24, 2.45) is 7.05 Å². The minimum absolute atomic E-state index is 0.0533. The largest absolute Gasteiger partial charge is 0.312 e. The van der Waals surface area contributed by atoms with E-state index in [1.807, 2.05) is 48.2 Å². The number of aromatic nitrogens is 4. The quantitative estimate of drug-likeness (QED) is 0.652. The van der Waals surface area contributed by atoms with Crippen LogP contribution in [0.1, 0.15) is 18.2 Å². The lowest BCUT2D eigenvalue weighted by Crippen LogP contribution is -2.22. The molecule has 0 radical (unpaired) electrons. The van der Waals surface area contributed by atoms with Gasteiger partial charge in [0.2, 0.25) is 5.91 Å². The van der Waals surface area contributed by atoms with Gasteiger partial charge in [0.15, 0.2) is 10.3 Å². The van der Waals surface area contributed by atoms with Crippen LogP contribution in [-0.2, 0) is 17.6 Å². The molecule has 0 aliphatic rings. The Kier molecular flexibility index (Phi) is 4.96. The minimum atomic E-state index is -0.0533. The number of thiazole rings is 1. The topological polar surface area (TPSA) is 63.9 Å². The molecule has 124 valence electrons. The van der Waals surface area contributed by atoms with Crippen molar-refractivity contribution in [3.63, 3.8) is 0 Å². The van der Waals surface area contributed by atoms with Gasteiger partial charge >= 0.3 is 0 Å². The van der Waals surface area contributed by atoms with Crippen molar-refractivity contribution in [3.8, 4) is 0 Å². The molecule has 1 aromatic carbocycles. The number of carbonyl (C=O) groups is 1. The summed E-state index contributed by atoms with van der Waals surface area (Å²) in [4.78, 5) is 18.4. The average molecular weight is 359 g/mol. The molecule has 3 rings (SSSR count). The van der Waals surface area contributed by atoms with E-state index in [2.05, 4.69) is 15.2 Å². The Bertz CT molecular complexity index is 858. The summed E-state index contributed by atoms with van der Waals surface area (Å²) in [5.74, 6) is 0.630. The monoisotopic (exact) mass is 359 g/mol. The van der Waals surface area contributed by atoms with E-state index < -0.39 is 0 Å². The van der Waals surface area contributed by atoms with E-state index in [9.17, 15) is 4.79 Å². The molecule has 0 bridgehead atoms. The van der Waals surface area contributed by atoms with Crippen molar-refractivity contribution >= 4 is 39.8 Å². The van der Waals surface area contributed by atoms with Crippen molar-refractivity contribution in [3.05, 3.63) is 47.2 Å². The zero-order valence-corrected chi connectivity index (χ0v) is 15.3. The molecule has 0 spiro atoms. The third-order valence-corrected chi connectivity index (χ3v) is 5.27. The smallest absolute Gasteiger partial charge is 0.230 e. The summed E-state index contributed by atoms with van der Waals surface area (Å²) in [6, 6.07) is 7.85. The van der Waals surface area contributed by atoms with Crippen LogP contribution in [-0.4, -0.2) is 25.7 Å². The van der Waals surface area contributed by atoms with Crippen LogP contribution in [0, 0.1) is 6.92 Å². The van der Waals surface area contributed by atoms with Crippen LogP contribution >= 0.6 is 23.1 Å². The van der Waals surface area contributed by atoms with E-state index in [1.165, 1.54) is 11.3 Å². The molecule has 0 atom stereocenters. The first kappa shape index (κ1) is 16.7. The highest BCUT2D eigenvalue weighted by molar-refractivity contribution is 7.98. The van der Waals surface area contributed by atoms with Crippen molar-refractivity contribution in [1.29, 1.82) is 0 Å². The molecule has 0 aliphatic carbocycles. The number of nitrogens with zero attached hydrogens (tertiary/aromatic N) is 5. The molecule has 0 unspecified atom stereocenters. The van der Waals surface area contributed by atoms with Gasteiger partial charge in [-0.3, -0.25) is 9.69 Å². The van der Waals surface area contributed by atoms with Crippen LogP contribution in [0.3, 0.4) is 0 Å². The second kappa shape index (κ2) is 7.14. The summed E-state index contributed by atoms with van der Waals surface area (Å²) in [5, 5.41) is 11.4. The summed E-state index contributed by atoms with van der Waals surface area (Å²) in [7, 11) is 1.91. The second-order valence-corrected chi connectivity index (χ2v) is 7.11. The van der Waals surface area contributed by atoms with Crippen LogP contribution in [0.25, 0.3) is 0 Å². The fourth-order valence-corrected chi connectivity index (χ4v) is 3.97. The average Bonchev–Trinajstić information content (AvgIpc) is 3.14. The maximum atomic E-state index is 12.1. The van der Waals surface area contributed by atoms with Gasteiger partial charge in [-0.15, -0.1) is 21.5 Å². The number of aryl methyl sites for hydroxylation is 2. The van der Waals surface area contributed by atoms with E-state index in [0.717, 1.165) is 22.1 Å². The lowest BCUT2D eigenvalue weighted by molar-refractivity contribution is -0.115. The van der Waals surface area contributed by atoms with E-state index >= 15 is 0 Å². The number of hydrogen-bond acceptors (Lipinski definition) is 6. The van der Waals surface area contributed by atoms with Crippen LogP contribution in [0.5, 0.6) is 0 Å². The van der Waals surface area contributed by atoms with Crippen LogP contribution < -0.4 is 4.90 Å². The molecular formula is C16H17N5OS2. The predicted octanol–water partition coefficient (Wildman–Crippen LogP) is 3.56. The molecule has 1 amide bonds. The van der Waals surface area contributed by atoms with Gasteiger partial charge in [-0.1, -0.05) is 23.9 Å². The third kappa shape index (κ3) is 3.65. The molecular weight excluding hydrogens is 342 g/mol. The molecule has 2 heterocycles. The molecule has 0 N–H and O–H groups in total. The number of hydrogen-bond donors (Lipinski definition) is 0. The first-order chi connectivity index (χ1) is 11.5. The fourth-order valence-electron chi connectivity index (χ4n) is 2.20. The normalized spacial score (nSPS) is 10.8. The second-order valence-electron chi connectivity index (χ2n) is 5.33. The Labute approximate surface area is 148 Å². The SMILES string of the molecule is CC(=O)N(c1cccc(C)c1)c1nc(CSc2nncn2C)cs1. The molecule has 6 nitrogen and oxygen atoms in total. The highest BCUT2D eigenvalue weighted by atomic mass is 32.2. The Morgan fingerprint density at radius 3 is 2.92 bits per heavy atom. The maximum Gasteiger partial charge on any atom is 0.230 e. The van der Waals surface area contributed by atoms with Crippen molar-refractivity contribution in [2.45, 2.75) is 24.8 Å². The minimum Gasteiger partial charge on any atom is -0.312 e. The number of benzene rings is 1. The van der Waals surface area contributed by atoms with E-state index in [-0.39, 0.29) is 5.91 Å². The van der Waals surface area contributed by atoms with E-state index in [1.54, 1.807) is 29.9 Å². The Morgan fingerprint density at radius 1 is 1.42 bits per heavy atom. The first-order valence-corrected chi connectivity index (χ1v) is 9.19. The van der Waals surface area contributed by atoms with Gasteiger partial charge in [-0.05, 0) is 24.6 Å². The third-order valence-electron chi connectivity index (χ3n) is 3.32. The van der Waals surface area contributed by atoms with E-state index in [4.69, 9.17) is 0 Å². The molecule has 0 fully saturated rings. The maximum absolute atomic E-state index is 12.1. The number of rotatable bonds is 5. The van der Waals surface area contributed by atoms with Gasteiger partial charge in [0, 0.05) is 25.1 Å². The number of carbonyl (C=O) groups excluding carboxylic acids is 1. The van der Waals surface area contributed by atoms with Gasteiger partial charge in [0.05, 0.1) is 11.4 Å². The standard InChI is InChI=1S/C16H17N5OS2/c1-11-5-4-6-14(7-11)21(12(2)22)15-18-13(8-23-15)9-24-16-19-17-10-20(16)3/h4-8,10H,9H2,1-3H3. The van der Waals surface area contributed by atoms with Crippen molar-refractivity contribution in [2.75, 3.05) is 4.90 Å². The lowest BCUT2D eigenvalue weighted by atomic mass is 10.2. The molecule has 2 aromatic heterocycles. The summed E-state index contributed by atoms with van der Waals surface area (Å²) in [6.07, 6.45) is 1.67. The number of amides is 1. The Hall–Kier alpha value is -2.19. The number of anilines is 2. The summed E-state index contributed by atoms with van der Waals surface area (Å²) >= 11 is 3.03. The summed E-state index contributed by atoms with van der Waals surface area (Å²) < 4.78 is 1.87. The Morgan fingerprint density at radius 2 is 2.25 bits per heavy atom. The molecule has 24 heavy (non-hydrogen) atoms. The predicted molar refractivity (Wildman–Crippen MR) is 96.7 cm³/mol. The number of thioether (sulfide) groups is 1. The lowest BCUT2D eigenvalue weighted by Gasteiger charge is -2.18. The molecule has 0 aliphatic heterocycles. The highest BCUT2D eigenvalue weighted by Crippen LogP contribution is 2.31. The highest BCUT2D eigenvalue weighted by Gasteiger charge is 2.18. The first-order valence-electron chi connectivity index (χ1n) is 7.33. The van der Waals surface area contributed by atoms with Gasteiger partial charge in [0.1, 0.15) is 6.33 Å². The molecule has 8 heteroatoms.